The number of likely N-dealkylation sites (tertiary alicyclic amines) is 1. The Morgan fingerprint density at radius 1 is 1.15 bits per heavy atom. The summed E-state index contributed by atoms with van der Waals surface area (Å²) in [6.45, 7) is 11.8. The van der Waals surface area contributed by atoms with Gasteiger partial charge < -0.3 is 10.2 Å². The van der Waals surface area contributed by atoms with Crippen molar-refractivity contribution in [2.45, 2.75) is 39.7 Å². The highest BCUT2D eigenvalue weighted by atomic mass is 15.1. The molecule has 1 unspecified atom stereocenters. The van der Waals surface area contributed by atoms with E-state index in [1.165, 1.54) is 38.0 Å². The molecule has 1 fully saturated rings. The SMILES string of the molecule is CCN1CCC(CNC(c2ccccc2)C(C)C)CC1. The Hall–Kier alpha value is -0.860. The molecule has 20 heavy (non-hydrogen) atoms. The summed E-state index contributed by atoms with van der Waals surface area (Å²) in [7, 11) is 0. The van der Waals surface area contributed by atoms with E-state index < -0.39 is 0 Å². The third-order valence-electron chi connectivity index (χ3n) is 4.61. The Labute approximate surface area is 124 Å². The van der Waals surface area contributed by atoms with Gasteiger partial charge in [-0.2, -0.15) is 0 Å². The van der Waals surface area contributed by atoms with Crippen molar-refractivity contribution in [2.75, 3.05) is 26.2 Å². The largest absolute Gasteiger partial charge is 0.309 e. The van der Waals surface area contributed by atoms with Gasteiger partial charge in [0.15, 0.2) is 0 Å². The van der Waals surface area contributed by atoms with Gasteiger partial charge in [0.2, 0.25) is 0 Å². The van der Waals surface area contributed by atoms with Gasteiger partial charge in [0.05, 0.1) is 0 Å². The van der Waals surface area contributed by atoms with Crippen LogP contribution < -0.4 is 5.32 Å². The third-order valence-corrected chi connectivity index (χ3v) is 4.61. The maximum Gasteiger partial charge on any atom is 0.0343 e. The lowest BCUT2D eigenvalue weighted by Crippen LogP contribution is -2.38. The van der Waals surface area contributed by atoms with Crippen molar-refractivity contribution in [3.63, 3.8) is 0 Å². The zero-order chi connectivity index (χ0) is 14.4. The van der Waals surface area contributed by atoms with Crippen molar-refractivity contribution in [1.29, 1.82) is 0 Å². The van der Waals surface area contributed by atoms with Crippen LogP contribution in [0.15, 0.2) is 30.3 Å². The first-order valence-corrected chi connectivity index (χ1v) is 8.21. The molecule has 1 atom stereocenters. The van der Waals surface area contributed by atoms with Crippen molar-refractivity contribution in [2.24, 2.45) is 11.8 Å². The molecule has 1 aliphatic rings. The van der Waals surface area contributed by atoms with Crippen molar-refractivity contribution in [3.8, 4) is 0 Å². The lowest BCUT2D eigenvalue weighted by atomic mass is 9.93. The Morgan fingerprint density at radius 3 is 2.35 bits per heavy atom. The number of benzene rings is 1. The van der Waals surface area contributed by atoms with Gasteiger partial charge in [0, 0.05) is 6.04 Å². The molecule has 112 valence electrons. The van der Waals surface area contributed by atoms with Crippen LogP contribution in [0.2, 0.25) is 0 Å². The van der Waals surface area contributed by atoms with Crippen LogP contribution in [0.25, 0.3) is 0 Å². The summed E-state index contributed by atoms with van der Waals surface area (Å²) in [5, 5.41) is 3.82. The minimum Gasteiger partial charge on any atom is -0.309 e. The molecular weight excluding hydrogens is 244 g/mol. The number of nitrogens with one attached hydrogen (secondary N) is 1. The number of nitrogens with zero attached hydrogens (tertiary/aromatic N) is 1. The molecule has 0 spiro atoms. The van der Waals surface area contributed by atoms with E-state index in [0.29, 0.717) is 12.0 Å². The highest BCUT2D eigenvalue weighted by molar-refractivity contribution is 5.19. The Bertz CT molecular complexity index is 366. The molecule has 1 N–H and O–H groups in total. The maximum absolute atomic E-state index is 3.82. The molecule has 1 saturated heterocycles. The van der Waals surface area contributed by atoms with Crippen LogP contribution in [0.5, 0.6) is 0 Å². The van der Waals surface area contributed by atoms with Gasteiger partial charge in [0.1, 0.15) is 0 Å². The molecular formula is C18H30N2. The highest BCUT2D eigenvalue weighted by Gasteiger charge is 2.20. The average molecular weight is 274 g/mol. The monoisotopic (exact) mass is 274 g/mol. The number of hydrogen-bond acceptors (Lipinski definition) is 2. The lowest BCUT2D eigenvalue weighted by molar-refractivity contribution is 0.185. The topological polar surface area (TPSA) is 15.3 Å². The summed E-state index contributed by atoms with van der Waals surface area (Å²) < 4.78 is 0. The van der Waals surface area contributed by atoms with E-state index in [2.05, 4.69) is 61.3 Å². The summed E-state index contributed by atoms with van der Waals surface area (Å²) in [6.07, 6.45) is 2.70. The van der Waals surface area contributed by atoms with Crippen LogP contribution in [0.4, 0.5) is 0 Å². The zero-order valence-electron chi connectivity index (χ0n) is 13.3. The van der Waals surface area contributed by atoms with Gasteiger partial charge in [0.25, 0.3) is 0 Å². The molecule has 1 aromatic carbocycles. The molecule has 1 aromatic rings. The van der Waals surface area contributed by atoms with E-state index in [1.807, 2.05) is 0 Å². The molecule has 2 nitrogen and oxygen atoms in total. The summed E-state index contributed by atoms with van der Waals surface area (Å²) in [5.41, 5.74) is 1.42. The predicted octanol–water partition coefficient (Wildman–Crippen LogP) is 3.71. The molecule has 0 radical (unpaired) electrons. The predicted molar refractivity (Wildman–Crippen MR) is 86.9 cm³/mol. The summed E-state index contributed by atoms with van der Waals surface area (Å²) >= 11 is 0. The van der Waals surface area contributed by atoms with Crippen LogP contribution in [0, 0.1) is 11.8 Å². The van der Waals surface area contributed by atoms with E-state index in [-0.39, 0.29) is 0 Å². The maximum atomic E-state index is 3.82. The smallest absolute Gasteiger partial charge is 0.0343 e. The minimum absolute atomic E-state index is 0.486. The third kappa shape index (κ3) is 4.32. The van der Waals surface area contributed by atoms with E-state index in [4.69, 9.17) is 0 Å². The number of piperidine rings is 1. The Kier molecular flexibility index (Phi) is 6.06. The van der Waals surface area contributed by atoms with Crippen LogP contribution in [-0.4, -0.2) is 31.1 Å². The fourth-order valence-electron chi connectivity index (χ4n) is 3.20. The average Bonchev–Trinajstić information content (AvgIpc) is 2.49. The van der Waals surface area contributed by atoms with Crippen molar-refractivity contribution in [3.05, 3.63) is 35.9 Å². The highest BCUT2D eigenvalue weighted by Crippen LogP contribution is 2.23. The normalized spacial score (nSPS) is 19.4. The van der Waals surface area contributed by atoms with Crippen LogP contribution in [-0.2, 0) is 0 Å². The van der Waals surface area contributed by atoms with Gasteiger partial charge in [-0.1, -0.05) is 51.1 Å². The van der Waals surface area contributed by atoms with Gasteiger partial charge in [-0.15, -0.1) is 0 Å². The van der Waals surface area contributed by atoms with E-state index in [1.54, 1.807) is 0 Å². The molecule has 2 rings (SSSR count). The molecule has 0 saturated carbocycles. The summed E-state index contributed by atoms with van der Waals surface area (Å²) in [5.74, 6) is 1.48. The van der Waals surface area contributed by atoms with E-state index in [9.17, 15) is 0 Å². The zero-order valence-corrected chi connectivity index (χ0v) is 13.3. The van der Waals surface area contributed by atoms with Crippen molar-refractivity contribution < 1.29 is 0 Å². The second kappa shape index (κ2) is 7.80. The van der Waals surface area contributed by atoms with E-state index >= 15 is 0 Å². The first kappa shape index (κ1) is 15.5. The molecule has 0 aromatic heterocycles. The lowest BCUT2D eigenvalue weighted by Gasteiger charge is -2.33. The van der Waals surface area contributed by atoms with Gasteiger partial charge in [-0.25, -0.2) is 0 Å². The van der Waals surface area contributed by atoms with Crippen molar-refractivity contribution in [1.82, 2.24) is 10.2 Å². The second-order valence-electron chi connectivity index (χ2n) is 6.42. The Balaban J connectivity index is 1.84. The summed E-state index contributed by atoms with van der Waals surface area (Å²) in [4.78, 5) is 2.56. The standard InChI is InChI=1S/C18H30N2/c1-4-20-12-10-16(11-13-20)14-19-18(15(2)3)17-8-6-5-7-9-17/h5-9,15-16,18-19H,4,10-14H2,1-3H3. The van der Waals surface area contributed by atoms with Gasteiger partial charge >= 0.3 is 0 Å². The molecule has 0 amide bonds. The number of rotatable bonds is 6. The molecule has 1 heterocycles. The summed E-state index contributed by atoms with van der Waals surface area (Å²) in [6, 6.07) is 11.4. The molecule has 0 bridgehead atoms. The Morgan fingerprint density at radius 2 is 1.80 bits per heavy atom. The van der Waals surface area contributed by atoms with Crippen LogP contribution >= 0.6 is 0 Å². The first-order valence-electron chi connectivity index (χ1n) is 8.21. The molecule has 1 aliphatic heterocycles. The second-order valence-corrected chi connectivity index (χ2v) is 6.42. The van der Waals surface area contributed by atoms with E-state index in [0.717, 1.165) is 12.5 Å². The van der Waals surface area contributed by atoms with Gasteiger partial charge in [-0.3, -0.25) is 0 Å². The number of hydrogen-bond donors (Lipinski definition) is 1. The quantitative estimate of drug-likeness (QED) is 0.851. The molecule has 0 aliphatic carbocycles. The van der Waals surface area contributed by atoms with Crippen LogP contribution in [0.1, 0.15) is 45.2 Å². The van der Waals surface area contributed by atoms with Gasteiger partial charge in [-0.05, 0) is 56.4 Å². The van der Waals surface area contributed by atoms with Crippen LogP contribution in [0.3, 0.4) is 0 Å². The minimum atomic E-state index is 0.486. The molecule has 2 heteroatoms. The first-order chi connectivity index (χ1) is 9.70. The fraction of sp³-hybridized carbons (Fsp3) is 0.667. The van der Waals surface area contributed by atoms with Crippen molar-refractivity contribution >= 4 is 0 Å². The fourth-order valence-corrected chi connectivity index (χ4v) is 3.20.